The number of benzene rings is 2. The lowest BCUT2D eigenvalue weighted by Crippen LogP contribution is -2.57. The molecule has 0 unspecified atom stereocenters. The molecule has 2 aromatic carbocycles. The number of halogens is 1. The maximum atomic E-state index is 15.5. The Balaban J connectivity index is 1.27. The number of carbonyl (C=O) groups is 2. The quantitative estimate of drug-likeness (QED) is 0.201. The molecule has 1 saturated carbocycles. The molecule has 1 saturated heterocycles. The predicted octanol–water partition coefficient (Wildman–Crippen LogP) is 7.65. The van der Waals surface area contributed by atoms with E-state index in [0.29, 0.717) is 34.2 Å². The number of hydrogen-bond donors (Lipinski definition) is 2. The van der Waals surface area contributed by atoms with E-state index in [2.05, 4.69) is 46.4 Å². The van der Waals surface area contributed by atoms with E-state index < -0.39 is 11.2 Å². The summed E-state index contributed by atoms with van der Waals surface area (Å²) in [6.45, 7) is 16.0. The zero-order chi connectivity index (χ0) is 34.8. The molecule has 2 aromatic heterocycles. The Bertz CT molecular complexity index is 1940. The van der Waals surface area contributed by atoms with E-state index in [4.69, 9.17) is 9.97 Å². The molecule has 49 heavy (non-hydrogen) atoms. The first-order valence-corrected chi connectivity index (χ1v) is 17.8. The fourth-order valence-corrected chi connectivity index (χ4v) is 7.83. The molecular formula is C39H48FN7O2. The van der Waals surface area contributed by atoms with Crippen LogP contribution in [0.3, 0.4) is 0 Å². The molecule has 9 nitrogen and oxygen atoms in total. The number of likely N-dealkylation sites (tertiary alicyclic amines) is 1. The molecule has 0 radical (unpaired) electrons. The van der Waals surface area contributed by atoms with Gasteiger partial charge in [0.05, 0.1) is 28.6 Å². The van der Waals surface area contributed by atoms with E-state index in [1.807, 2.05) is 44.4 Å². The van der Waals surface area contributed by atoms with Crippen LogP contribution < -0.4 is 15.5 Å². The maximum Gasteiger partial charge on any atom is 0.251 e. The summed E-state index contributed by atoms with van der Waals surface area (Å²) in [5, 5.41) is 6.15. The van der Waals surface area contributed by atoms with Crippen LogP contribution in [-0.2, 0) is 10.2 Å². The molecule has 3 aliphatic rings. The van der Waals surface area contributed by atoms with Crippen molar-refractivity contribution in [2.24, 2.45) is 0 Å². The van der Waals surface area contributed by atoms with Gasteiger partial charge in [0.25, 0.3) is 5.91 Å². The van der Waals surface area contributed by atoms with Gasteiger partial charge < -0.3 is 25.0 Å². The van der Waals surface area contributed by atoms with Gasteiger partial charge in [0.2, 0.25) is 5.91 Å². The molecule has 1 aliphatic carbocycles. The standard InChI is InChI=1S/C39H48FN7O2/c1-22(2)42-37(48)28-19-32(30(40)15-24(28)5)44-36-35-33(41-21-46(35)23(3)4)20-31(43-36)25-11-12-29-34(16-25)47(38(49)39(29,6)7)27-17-26(18-27)45-13-9-8-10-14-45/h11-12,15-16,19-23,26-27H,8-10,13-14,17-18H2,1-7H3,(H,42,48)(H,43,44). The molecule has 4 heterocycles. The summed E-state index contributed by atoms with van der Waals surface area (Å²) >= 11 is 0. The lowest BCUT2D eigenvalue weighted by Gasteiger charge is -2.48. The van der Waals surface area contributed by atoms with Gasteiger partial charge >= 0.3 is 0 Å². The largest absolute Gasteiger partial charge is 0.350 e. The second kappa shape index (κ2) is 12.5. The van der Waals surface area contributed by atoms with Gasteiger partial charge in [0.15, 0.2) is 5.82 Å². The van der Waals surface area contributed by atoms with Crippen molar-refractivity contribution in [1.82, 2.24) is 24.8 Å². The highest BCUT2D eigenvalue weighted by atomic mass is 19.1. The van der Waals surface area contributed by atoms with Gasteiger partial charge in [-0.15, -0.1) is 0 Å². The van der Waals surface area contributed by atoms with Crippen LogP contribution in [0.25, 0.3) is 22.3 Å². The van der Waals surface area contributed by atoms with Crippen molar-refractivity contribution in [3.63, 3.8) is 0 Å². The number of carbonyl (C=O) groups excluding carboxylic acids is 2. The van der Waals surface area contributed by atoms with Crippen molar-refractivity contribution in [3.8, 4) is 11.3 Å². The molecule has 0 bridgehead atoms. The van der Waals surface area contributed by atoms with Crippen LogP contribution in [-0.4, -0.2) is 62.5 Å². The molecule has 4 aromatic rings. The van der Waals surface area contributed by atoms with Gasteiger partial charge in [-0.25, -0.2) is 14.4 Å². The third-order valence-corrected chi connectivity index (χ3v) is 10.7. The highest BCUT2D eigenvalue weighted by molar-refractivity contribution is 6.09. The van der Waals surface area contributed by atoms with Crippen LogP contribution in [0.5, 0.6) is 0 Å². The molecule has 2 amide bonds. The monoisotopic (exact) mass is 665 g/mol. The van der Waals surface area contributed by atoms with Gasteiger partial charge in [-0.3, -0.25) is 9.59 Å². The summed E-state index contributed by atoms with van der Waals surface area (Å²) < 4.78 is 17.5. The average molecular weight is 666 g/mol. The number of anilines is 3. The molecule has 258 valence electrons. The van der Waals surface area contributed by atoms with Crippen molar-refractivity contribution >= 4 is 40.0 Å². The molecule has 0 spiro atoms. The number of aromatic nitrogens is 3. The molecule has 7 rings (SSSR count). The Hall–Kier alpha value is -4.31. The topological polar surface area (TPSA) is 95.4 Å². The highest BCUT2D eigenvalue weighted by Gasteiger charge is 2.50. The van der Waals surface area contributed by atoms with Crippen LogP contribution >= 0.6 is 0 Å². The Labute approximate surface area is 288 Å². The number of rotatable bonds is 8. The van der Waals surface area contributed by atoms with Crippen LogP contribution in [0.4, 0.5) is 21.6 Å². The van der Waals surface area contributed by atoms with Crippen molar-refractivity contribution in [1.29, 1.82) is 0 Å². The second-order valence-corrected chi connectivity index (χ2v) is 15.3. The lowest BCUT2D eigenvalue weighted by molar-refractivity contribution is -0.123. The number of imidazole rings is 1. The smallest absolute Gasteiger partial charge is 0.251 e. The van der Waals surface area contributed by atoms with Gasteiger partial charge in [-0.1, -0.05) is 18.6 Å². The van der Waals surface area contributed by atoms with Crippen molar-refractivity contribution < 1.29 is 14.0 Å². The van der Waals surface area contributed by atoms with E-state index in [1.165, 1.54) is 25.3 Å². The SMILES string of the molecule is Cc1cc(F)c(Nc2nc(-c3ccc4c(c3)N(C3CC(N5CCCCC5)C3)C(=O)C4(C)C)cc3ncn(C(C)C)c23)cc1C(=O)NC(C)C. The summed E-state index contributed by atoms with van der Waals surface area (Å²) in [5.74, 6) is -0.153. The number of fused-ring (bicyclic) bond motifs is 2. The number of pyridine rings is 1. The number of hydrogen-bond acceptors (Lipinski definition) is 6. The van der Waals surface area contributed by atoms with Gasteiger partial charge in [-0.2, -0.15) is 0 Å². The van der Waals surface area contributed by atoms with Gasteiger partial charge in [0.1, 0.15) is 11.3 Å². The maximum absolute atomic E-state index is 15.5. The number of aryl methyl sites for hydroxylation is 1. The van der Waals surface area contributed by atoms with Gasteiger partial charge in [0, 0.05) is 41.0 Å². The lowest BCUT2D eigenvalue weighted by atomic mass is 9.82. The predicted molar refractivity (Wildman–Crippen MR) is 193 cm³/mol. The zero-order valence-corrected chi connectivity index (χ0v) is 29.7. The van der Waals surface area contributed by atoms with Crippen LogP contribution in [0.1, 0.15) is 101 Å². The fourth-order valence-electron chi connectivity index (χ4n) is 7.83. The summed E-state index contributed by atoms with van der Waals surface area (Å²) in [5.41, 5.74) is 5.42. The number of nitrogens with zero attached hydrogens (tertiary/aromatic N) is 5. The number of nitrogens with one attached hydrogen (secondary N) is 2. The van der Waals surface area contributed by atoms with Crippen LogP contribution in [0, 0.1) is 12.7 Å². The number of piperidine rings is 1. The van der Waals surface area contributed by atoms with Crippen LogP contribution in [0.2, 0.25) is 0 Å². The molecule has 2 aliphatic heterocycles. The van der Waals surface area contributed by atoms with E-state index >= 15 is 4.39 Å². The first-order valence-electron chi connectivity index (χ1n) is 17.8. The van der Waals surface area contributed by atoms with Crippen molar-refractivity contribution in [3.05, 3.63) is 65.2 Å². The molecular weight excluding hydrogens is 617 g/mol. The Morgan fingerprint density at radius 3 is 2.43 bits per heavy atom. The minimum absolute atomic E-state index is 0.0590. The van der Waals surface area contributed by atoms with E-state index in [1.54, 1.807) is 19.3 Å². The minimum Gasteiger partial charge on any atom is -0.350 e. The number of amides is 2. The highest BCUT2D eigenvalue weighted by Crippen LogP contribution is 2.48. The third-order valence-electron chi connectivity index (χ3n) is 10.7. The fraction of sp³-hybridized carbons (Fsp3) is 0.487. The summed E-state index contributed by atoms with van der Waals surface area (Å²) in [4.78, 5) is 41.4. The average Bonchev–Trinajstić information content (AvgIpc) is 3.55. The summed E-state index contributed by atoms with van der Waals surface area (Å²) in [6, 6.07) is 11.8. The first-order chi connectivity index (χ1) is 23.3. The van der Waals surface area contributed by atoms with E-state index in [9.17, 15) is 9.59 Å². The Morgan fingerprint density at radius 1 is 1.00 bits per heavy atom. The van der Waals surface area contributed by atoms with E-state index in [0.717, 1.165) is 48.3 Å². The van der Waals surface area contributed by atoms with E-state index in [-0.39, 0.29) is 35.6 Å². The van der Waals surface area contributed by atoms with Gasteiger partial charge in [-0.05, 0) is 123 Å². The van der Waals surface area contributed by atoms with Crippen molar-refractivity contribution in [2.75, 3.05) is 23.3 Å². The summed E-state index contributed by atoms with van der Waals surface area (Å²) in [6.07, 6.45) is 7.60. The first kappa shape index (κ1) is 33.2. The second-order valence-electron chi connectivity index (χ2n) is 15.3. The zero-order valence-electron chi connectivity index (χ0n) is 29.7. The molecule has 2 N–H and O–H groups in total. The molecule has 0 atom stereocenters. The molecule has 2 fully saturated rings. The summed E-state index contributed by atoms with van der Waals surface area (Å²) in [7, 11) is 0. The normalized spacial score (nSPS) is 20.6. The Morgan fingerprint density at radius 2 is 1.73 bits per heavy atom. The molecule has 10 heteroatoms. The van der Waals surface area contributed by atoms with Crippen molar-refractivity contribution in [2.45, 2.75) is 110 Å². The Kier molecular flexibility index (Phi) is 8.49. The van der Waals surface area contributed by atoms with Crippen LogP contribution in [0.15, 0.2) is 42.7 Å². The minimum atomic E-state index is -0.618. The third kappa shape index (κ3) is 5.87.